The fourth-order valence-corrected chi connectivity index (χ4v) is 2.48. The third-order valence-electron chi connectivity index (χ3n) is 3.81. The van der Waals surface area contributed by atoms with Gasteiger partial charge in [0.25, 0.3) is 5.91 Å². The summed E-state index contributed by atoms with van der Waals surface area (Å²) in [6, 6.07) is 13.8. The van der Waals surface area contributed by atoms with Crippen LogP contribution in [-0.2, 0) is 6.54 Å². The van der Waals surface area contributed by atoms with E-state index in [0.29, 0.717) is 17.3 Å². The molecule has 0 aliphatic carbocycles. The van der Waals surface area contributed by atoms with E-state index in [0.717, 1.165) is 5.69 Å². The normalized spacial score (nSPS) is 10.6. The van der Waals surface area contributed by atoms with Crippen molar-refractivity contribution in [1.82, 2.24) is 15.3 Å². The molecule has 0 unspecified atom stereocenters. The van der Waals surface area contributed by atoms with Gasteiger partial charge in [0.2, 0.25) is 5.95 Å². The highest BCUT2D eigenvalue weighted by atomic mass is 19.1. The summed E-state index contributed by atoms with van der Waals surface area (Å²) in [5, 5.41) is 5.74. The third kappa shape index (κ3) is 5.03. The van der Waals surface area contributed by atoms with Crippen molar-refractivity contribution in [3.05, 3.63) is 77.9 Å². The maximum absolute atomic E-state index is 13.6. The lowest BCUT2D eigenvalue weighted by molar-refractivity contribution is 0.0950. The average Bonchev–Trinajstić information content (AvgIpc) is 2.69. The predicted molar refractivity (Wildman–Crippen MR) is 105 cm³/mol. The first-order chi connectivity index (χ1) is 13.5. The van der Waals surface area contributed by atoms with Crippen LogP contribution in [0.15, 0.2) is 60.9 Å². The quantitative estimate of drug-likeness (QED) is 0.646. The zero-order valence-electron chi connectivity index (χ0n) is 15.6. The molecule has 0 atom stereocenters. The molecule has 3 rings (SSSR count). The molecule has 1 aromatic heterocycles. The van der Waals surface area contributed by atoms with Gasteiger partial charge in [-0.05, 0) is 32.0 Å². The van der Waals surface area contributed by atoms with Crippen molar-refractivity contribution in [3.63, 3.8) is 0 Å². The van der Waals surface area contributed by atoms with E-state index in [9.17, 15) is 9.18 Å². The fourth-order valence-electron chi connectivity index (χ4n) is 2.48. The lowest BCUT2D eigenvalue weighted by atomic mass is 10.2. The molecule has 6 nitrogen and oxygen atoms in total. The molecule has 0 aliphatic heterocycles. The SMILES string of the molecule is CC(C)Oc1ccccc1Nc1ncc(C(=O)NCc2ccccc2F)cn1. The number of anilines is 2. The number of para-hydroxylation sites is 2. The first kappa shape index (κ1) is 19.3. The number of carbonyl (C=O) groups is 1. The number of rotatable bonds is 7. The fraction of sp³-hybridized carbons (Fsp3) is 0.190. The minimum absolute atomic E-state index is 0.0318. The van der Waals surface area contributed by atoms with Gasteiger partial charge in [-0.2, -0.15) is 0 Å². The molecule has 144 valence electrons. The van der Waals surface area contributed by atoms with Gasteiger partial charge in [0.1, 0.15) is 11.6 Å². The van der Waals surface area contributed by atoms with E-state index >= 15 is 0 Å². The number of amides is 1. The summed E-state index contributed by atoms with van der Waals surface area (Å²) >= 11 is 0. The third-order valence-corrected chi connectivity index (χ3v) is 3.81. The van der Waals surface area contributed by atoms with Crippen LogP contribution in [-0.4, -0.2) is 22.0 Å². The van der Waals surface area contributed by atoms with Crippen molar-refractivity contribution in [2.75, 3.05) is 5.32 Å². The standard InChI is InChI=1S/C21H21FN4O2/c1-14(2)28-19-10-6-5-9-18(19)26-21-24-12-16(13-25-21)20(27)23-11-15-7-3-4-8-17(15)22/h3-10,12-14H,11H2,1-2H3,(H,23,27)(H,24,25,26). The van der Waals surface area contributed by atoms with Crippen LogP contribution in [0.1, 0.15) is 29.8 Å². The summed E-state index contributed by atoms with van der Waals surface area (Å²) < 4.78 is 19.4. The summed E-state index contributed by atoms with van der Waals surface area (Å²) in [5.41, 5.74) is 1.43. The van der Waals surface area contributed by atoms with Crippen LogP contribution in [0.25, 0.3) is 0 Å². The molecule has 0 radical (unpaired) electrons. The molecule has 28 heavy (non-hydrogen) atoms. The van der Waals surface area contributed by atoms with Gasteiger partial charge in [0.15, 0.2) is 0 Å². The molecule has 0 saturated heterocycles. The smallest absolute Gasteiger partial charge is 0.254 e. The molecule has 2 N–H and O–H groups in total. The molecular weight excluding hydrogens is 359 g/mol. The summed E-state index contributed by atoms with van der Waals surface area (Å²) in [5.74, 6) is 0.289. The van der Waals surface area contributed by atoms with E-state index in [1.165, 1.54) is 18.5 Å². The largest absolute Gasteiger partial charge is 0.489 e. The Bertz CT molecular complexity index is 945. The molecular formula is C21H21FN4O2. The number of nitrogens with zero attached hydrogens (tertiary/aromatic N) is 2. The average molecular weight is 380 g/mol. The van der Waals surface area contributed by atoms with Crippen LogP contribution in [0.4, 0.5) is 16.0 Å². The van der Waals surface area contributed by atoms with Crippen molar-refractivity contribution in [1.29, 1.82) is 0 Å². The summed E-state index contributed by atoms with van der Waals surface area (Å²) in [7, 11) is 0. The minimum Gasteiger partial charge on any atom is -0.489 e. The van der Waals surface area contributed by atoms with Gasteiger partial charge in [0, 0.05) is 24.5 Å². The number of nitrogens with one attached hydrogen (secondary N) is 2. The summed E-state index contributed by atoms with van der Waals surface area (Å²) in [4.78, 5) is 20.6. The van der Waals surface area contributed by atoms with Gasteiger partial charge in [-0.25, -0.2) is 14.4 Å². The Morgan fingerprint density at radius 3 is 2.46 bits per heavy atom. The number of halogens is 1. The van der Waals surface area contributed by atoms with Crippen molar-refractivity contribution in [3.8, 4) is 5.75 Å². The summed E-state index contributed by atoms with van der Waals surface area (Å²) in [6.07, 6.45) is 2.86. The Morgan fingerprint density at radius 2 is 1.75 bits per heavy atom. The minimum atomic E-state index is -0.377. The van der Waals surface area contributed by atoms with Gasteiger partial charge in [-0.1, -0.05) is 30.3 Å². The highest BCUT2D eigenvalue weighted by Gasteiger charge is 2.10. The lowest BCUT2D eigenvalue weighted by Gasteiger charge is -2.14. The number of aromatic nitrogens is 2. The molecule has 2 aromatic carbocycles. The Labute approximate surface area is 162 Å². The first-order valence-electron chi connectivity index (χ1n) is 8.89. The lowest BCUT2D eigenvalue weighted by Crippen LogP contribution is -2.23. The molecule has 1 heterocycles. The van der Waals surface area contributed by atoms with Gasteiger partial charge < -0.3 is 15.4 Å². The molecule has 1 amide bonds. The van der Waals surface area contributed by atoms with E-state index < -0.39 is 0 Å². The second kappa shape index (κ2) is 8.94. The zero-order valence-corrected chi connectivity index (χ0v) is 15.6. The molecule has 0 bridgehead atoms. The monoisotopic (exact) mass is 380 g/mol. The molecule has 0 aliphatic rings. The van der Waals surface area contributed by atoms with Gasteiger partial charge in [-0.3, -0.25) is 4.79 Å². The van der Waals surface area contributed by atoms with Crippen molar-refractivity contribution in [2.45, 2.75) is 26.5 Å². The first-order valence-corrected chi connectivity index (χ1v) is 8.89. The topological polar surface area (TPSA) is 76.1 Å². The highest BCUT2D eigenvalue weighted by molar-refractivity contribution is 5.93. The van der Waals surface area contributed by atoms with E-state index in [1.54, 1.807) is 18.2 Å². The van der Waals surface area contributed by atoms with Gasteiger partial charge in [-0.15, -0.1) is 0 Å². The van der Waals surface area contributed by atoms with Gasteiger partial charge in [0.05, 0.1) is 17.4 Å². The van der Waals surface area contributed by atoms with Crippen molar-refractivity contribution < 1.29 is 13.9 Å². The maximum atomic E-state index is 13.6. The molecule has 0 fully saturated rings. The Kier molecular flexibility index (Phi) is 6.16. The zero-order chi connectivity index (χ0) is 19.9. The van der Waals surface area contributed by atoms with Gasteiger partial charge >= 0.3 is 0 Å². The number of benzene rings is 2. The van der Waals surface area contributed by atoms with Crippen LogP contribution < -0.4 is 15.4 Å². The van der Waals surface area contributed by atoms with Crippen LogP contribution >= 0.6 is 0 Å². The van der Waals surface area contributed by atoms with Crippen LogP contribution in [0.5, 0.6) is 5.75 Å². The van der Waals surface area contributed by atoms with Crippen LogP contribution in [0.2, 0.25) is 0 Å². The Balaban J connectivity index is 1.64. The second-order valence-corrected chi connectivity index (χ2v) is 6.36. The predicted octanol–water partition coefficient (Wildman–Crippen LogP) is 4.08. The van der Waals surface area contributed by atoms with E-state index in [4.69, 9.17) is 4.74 Å². The number of ether oxygens (including phenoxy) is 1. The maximum Gasteiger partial charge on any atom is 0.254 e. The van der Waals surface area contributed by atoms with E-state index in [-0.39, 0.29) is 29.9 Å². The highest BCUT2D eigenvalue weighted by Crippen LogP contribution is 2.26. The molecule has 3 aromatic rings. The summed E-state index contributed by atoms with van der Waals surface area (Å²) in [6.45, 7) is 3.98. The van der Waals surface area contributed by atoms with Crippen LogP contribution in [0, 0.1) is 5.82 Å². The molecule has 0 saturated carbocycles. The number of hydrogen-bond donors (Lipinski definition) is 2. The molecule has 7 heteroatoms. The second-order valence-electron chi connectivity index (χ2n) is 6.36. The Hall–Kier alpha value is -3.48. The Morgan fingerprint density at radius 1 is 1.07 bits per heavy atom. The van der Waals surface area contributed by atoms with Crippen LogP contribution in [0.3, 0.4) is 0 Å². The number of hydrogen-bond acceptors (Lipinski definition) is 5. The van der Waals surface area contributed by atoms with E-state index in [2.05, 4.69) is 20.6 Å². The van der Waals surface area contributed by atoms with Crippen molar-refractivity contribution in [2.24, 2.45) is 0 Å². The van der Waals surface area contributed by atoms with Crippen molar-refractivity contribution >= 4 is 17.5 Å². The molecule has 0 spiro atoms. The number of carbonyl (C=O) groups excluding carboxylic acids is 1. The van der Waals surface area contributed by atoms with E-state index in [1.807, 2.05) is 38.1 Å².